The average Bonchev–Trinajstić information content (AvgIpc) is 3.89. The van der Waals surface area contributed by atoms with Gasteiger partial charge >= 0.3 is 315 Å². The second-order valence-corrected chi connectivity index (χ2v) is 18.7. The molecule has 0 atom stereocenters. The first-order chi connectivity index (χ1) is 34.0. The van der Waals surface area contributed by atoms with Gasteiger partial charge in [-0.3, -0.25) is 0 Å². The van der Waals surface area contributed by atoms with E-state index in [2.05, 4.69) is 163 Å². The summed E-state index contributed by atoms with van der Waals surface area (Å²) < 4.78 is 47.8. The number of rotatable bonds is 7. The van der Waals surface area contributed by atoms with Crippen molar-refractivity contribution in [2.24, 2.45) is 0 Å². The monoisotopic (exact) mass is 1040 g/mol. The van der Waals surface area contributed by atoms with Gasteiger partial charge in [0.25, 0.3) is 0 Å². The van der Waals surface area contributed by atoms with Crippen LogP contribution < -0.4 is 19.8 Å². The number of hydrogen-bond acceptors (Lipinski definition) is 4. The molecule has 0 N–H and O–H groups in total. The van der Waals surface area contributed by atoms with Crippen LogP contribution >= 0.6 is 0 Å². The van der Waals surface area contributed by atoms with E-state index >= 15 is 0 Å². The molecule has 0 amide bonds. The maximum atomic E-state index is 9.18. The minimum Gasteiger partial charge on any atom is -0.0601 e. The molecule has 0 spiro atoms. The van der Waals surface area contributed by atoms with Crippen molar-refractivity contribution in [2.75, 3.05) is 9.62 Å². The molecule has 2 aliphatic heterocycles. The first-order valence-electron chi connectivity index (χ1n) is 24.1. The molecule has 8 aromatic carbocycles. The van der Waals surface area contributed by atoms with Crippen molar-refractivity contribution in [1.82, 2.24) is 14.1 Å². The van der Waals surface area contributed by atoms with Crippen LogP contribution in [0.5, 0.6) is 11.6 Å². The summed E-state index contributed by atoms with van der Waals surface area (Å²) in [4.78, 5) is 9.33. The smallest absolute Gasteiger partial charge is 0.0601 e. The molecule has 0 saturated carbocycles. The van der Waals surface area contributed by atoms with E-state index in [9.17, 15) is 1.37 Å². The molecular formula is C58H44BN5OPt. The van der Waals surface area contributed by atoms with Crippen LogP contribution in [0.1, 0.15) is 31.8 Å². The predicted molar refractivity (Wildman–Crippen MR) is 268 cm³/mol. The third-order valence-corrected chi connectivity index (χ3v) is 13.7. The van der Waals surface area contributed by atoms with E-state index in [1.54, 1.807) is 0 Å². The number of anilines is 4. The van der Waals surface area contributed by atoms with Gasteiger partial charge in [-0.15, -0.1) is 0 Å². The summed E-state index contributed by atoms with van der Waals surface area (Å²) in [5, 5.41) is 0. The number of para-hydroxylation sites is 6. The van der Waals surface area contributed by atoms with E-state index in [4.69, 9.17) is 13.8 Å². The fourth-order valence-electron chi connectivity index (χ4n) is 9.64. The Balaban J connectivity index is 0.953. The Labute approximate surface area is 401 Å². The molecule has 320 valence electrons. The van der Waals surface area contributed by atoms with Crippen LogP contribution in [0.4, 0.5) is 22.9 Å². The second kappa shape index (κ2) is 15.9. The minimum absolute atomic E-state index is 0.0315. The van der Waals surface area contributed by atoms with E-state index in [-0.39, 0.29) is 29.6 Å². The van der Waals surface area contributed by atoms with Gasteiger partial charge in [0.05, 0.1) is 5.48 Å². The summed E-state index contributed by atoms with van der Waals surface area (Å²) >= 11 is 2.47. The fourth-order valence-corrected chi connectivity index (χ4v) is 10.7. The van der Waals surface area contributed by atoms with Crippen molar-refractivity contribution < 1.29 is 29.6 Å². The van der Waals surface area contributed by atoms with Crippen LogP contribution in [0.3, 0.4) is 0 Å². The van der Waals surface area contributed by atoms with Crippen LogP contribution in [-0.4, -0.2) is 21.1 Å². The Kier molecular flexibility index (Phi) is 8.63. The number of nitrogens with zero attached hydrogens (tertiary/aromatic N) is 5. The number of hydrogen-bond donors (Lipinski definition) is 0. The zero-order chi connectivity index (χ0) is 48.0. The number of aromatic nitrogens is 3. The first kappa shape index (κ1) is 35.8. The maximum absolute atomic E-state index is 9.18. The third-order valence-electron chi connectivity index (χ3n) is 12.7. The van der Waals surface area contributed by atoms with Crippen molar-refractivity contribution >= 4 is 46.4 Å². The summed E-state index contributed by atoms with van der Waals surface area (Å²) in [5.74, 6) is 1.64. The van der Waals surface area contributed by atoms with Crippen LogP contribution in [-0.2, 0) is 24.8 Å². The normalized spacial score (nSPS) is 13.6. The van der Waals surface area contributed by atoms with Gasteiger partial charge < -0.3 is 0 Å². The van der Waals surface area contributed by atoms with Crippen LogP contribution in [0.15, 0.2) is 212 Å². The van der Waals surface area contributed by atoms with Gasteiger partial charge in [-0.2, -0.15) is 0 Å². The molecule has 0 fully saturated rings. The van der Waals surface area contributed by atoms with Gasteiger partial charge in [0.15, 0.2) is 0 Å². The van der Waals surface area contributed by atoms with Crippen LogP contribution in [0, 0.1) is 3.80 Å². The Bertz CT molecular complexity index is 3800. The molecule has 0 bridgehead atoms. The molecule has 8 heteroatoms. The molecule has 6 nitrogen and oxygen atoms in total. The Morgan fingerprint density at radius 2 is 1.17 bits per heavy atom. The van der Waals surface area contributed by atoms with Gasteiger partial charge in [-0.05, 0) is 17.7 Å². The molecule has 66 heavy (non-hydrogen) atoms. The quantitative estimate of drug-likeness (QED) is 0.149. The minimum atomic E-state index is -0.488. The molecule has 12 rings (SSSR count). The Morgan fingerprint density at radius 1 is 0.545 bits per heavy atom. The molecule has 0 aliphatic carbocycles. The molecule has 2 aromatic heterocycles. The third kappa shape index (κ3) is 6.60. The molecule has 4 heterocycles. The number of fused-ring (bicyclic) bond motifs is 9. The number of pyridine rings is 1. The Hall–Kier alpha value is -7.47. The molecule has 10 aromatic rings. The summed E-state index contributed by atoms with van der Waals surface area (Å²) in [6.07, 6.45) is 0. The van der Waals surface area contributed by atoms with Crippen LogP contribution in [0.25, 0.3) is 55.8 Å². The first-order valence-corrected chi connectivity index (χ1v) is 23.2. The van der Waals surface area contributed by atoms with Gasteiger partial charge in [-0.1, -0.05) is 54.5 Å². The van der Waals surface area contributed by atoms with Gasteiger partial charge in [0.1, 0.15) is 0 Å². The van der Waals surface area contributed by atoms with Crippen LogP contribution in [0.2, 0.25) is 0 Å². The van der Waals surface area contributed by atoms with Crippen molar-refractivity contribution in [1.29, 1.82) is 0 Å². The molecule has 0 saturated heterocycles. The topological polar surface area (TPSA) is 38.5 Å². The van der Waals surface area contributed by atoms with E-state index in [0.29, 0.717) is 28.7 Å². The van der Waals surface area contributed by atoms with E-state index < -0.39 is 6.98 Å². The Morgan fingerprint density at radius 3 is 1.94 bits per heavy atom. The van der Waals surface area contributed by atoms with Gasteiger partial charge in [-0.25, -0.2) is 0 Å². The number of ether oxygens (including phenoxy) is 1. The van der Waals surface area contributed by atoms with Crippen molar-refractivity contribution in [3.63, 3.8) is 0 Å². The molecule has 2 aliphatic rings. The average molecular weight is 1040 g/mol. The summed E-state index contributed by atoms with van der Waals surface area (Å²) in [7, 11) is 0. The molecular weight excluding hydrogens is 989 g/mol. The SMILES string of the molecule is [2H]c1c([2H])c([2H])c2c(c1[2H])-c1ccccc1B1N(c3cccc(Oc4cccc(-n5[c](=[Pt])n(-c6c(-c7ccccc7)cccc6-c6ccc(C(C)(C)C)cc6)c6ccccc65)c4)n3)c3ccccc3N12. The van der Waals surface area contributed by atoms with Gasteiger partial charge in [0, 0.05) is 11.3 Å². The van der Waals surface area contributed by atoms with E-state index in [1.165, 1.54) is 5.56 Å². The van der Waals surface area contributed by atoms with E-state index in [1.807, 2.05) is 83.7 Å². The standard InChI is InChI=1S/C58H44BN5O.Pt/c1-58(2,3)42-36-34-41(35-37-42)46-25-16-24-45(40-18-5-4-6-19-40)57(46)62-39-61(51-28-11-12-29-52(51)62)43-20-15-21-44(38-43)65-56-33-17-32-55(60-56)64-54-31-14-13-30-53(54)63-50-27-10-8-23-48(50)47-22-7-9-26-49(47)59(63)64;/h4-38H,1-3H3;/i8D,10D,23D,27D;. The molecule has 0 radical (unpaired) electrons. The van der Waals surface area contributed by atoms with Crippen molar-refractivity contribution in [3.8, 4) is 56.4 Å². The summed E-state index contributed by atoms with van der Waals surface area (Å²) in [6.45, 7) is 6.25. The zero-order valence-corrected chi connectivity index (χ0v) is 38.7. The van der Waals surface area contributed by atoms with Crippen molar-refractivity contribution in [3.05, 3.63) is 222 Å². The summed E-state index contributed by atoms with van der Waals surface area (Å²) in [5.41, 5.74) is 14.2. The second-order valence-electron chi connectivity index (χ2n) is 17.6. The van der Waals surface area contributed by atoms with E-state index in [0.717, 1.165) is 70.9 Å². The molecule has 0 unspecified atom stereocenters. The number of benzene rings is 8. The van der Waals surface area contributed by atoms with Gasteiger partial charge in [0.2, 0.25) is 0 Å². The van der Waals surface area contributed by atoms with Crippen molar-refractivity contribution in [2.45, 2.75) is 26.2 Å². The fraction of sp³-hybridized carbons (Fsp3) is 0.0690. The zero-order valence-electron chi connectivity index (χ0n) is 40.4. The predicted octanol–water partition coefficient (Wildman–Crippen LogP) is 14.0. The number of imidazole rings is 1. The summed E-state index contributed by atoms with van der Waals surface area (Å²) in [6, 6.07) is 63.8.